The van der Waals surface area contributed by atoms with Gasteiger partial charge >= 0.3 is 5.97 Å². The van der Waals surface area contributed by atoms with Crippen LogP contribution in [-0.2, 0) is 4.79 Å². The molecule has 3 aromatic carbocycles. The van der Waals surface area contributed by atoms with Crippen molar-refractivity contribution in [1.29, 1.82) is 0 Å². The first-order valence-electron chi connectivity index (χ1n) is 12.0. The Bertz CT molecular complexity index is 1590. The van der Waals surface area contributed by atoms with Crippen molar-refractivity contribution in [3.63, 3.8) is 0 Å². The summed E-state index contributed by atoms with van der Waals surface area (Å²) in [6.45, 7) is 4.87. The molecule has 0 bridgehead atoms. The molecule has 0 spiro atoms. The van der Waals surface area contributed by atoms with Crippen LogP contribution < -0.4 is 14.8 Å². The van der Waals surface area contributed by atoms with E-state index >= 15 is 0 Å². The van der Waals surface area contributed by atoms with E-state index < -0.39 is 30.0 Å². The molecule has 3 N–H and O–H groups in total. The minimum atomic E-state index is -1.24. The maximum atomic E-state index is 13.6. The predicted molar refractivity (Wildman–Crippen MR) is 140 cm³/mol. The molecule has 1 heterocycles. The molecule has 10 heteroatoms. The van der Waals surface area contributed by atoms with E-state index in [0.29, 0.717) is 33.6 Å². The third-order valence-electron chi connectivity index (χ3n) is 5.84. The number of amides is 1. The summed E-state index contributed by atoms with van der Waals surface area (Å²) in [6.07, 6.45) is 0. The number of hydrogen-bond donors (Lipinski definition) is 3. The molecule has 0 aliphatic rings. The number of nitrogens with zero attached hydrogens (tertiary/aromatic N) is 1. The molecule has 0 atom stereocenters. The van der Waals surface area contributed by atoms with E-state index in [1.165, 1.54) is 24.3 Å². The van der Waals surface area contributed by atoms with Gasteiger partial charge in [0, 0.05) is 16.5 Å². The second-order valence-corrected chi connectivity index (χ2v) is 8.71. The number of fused-ring (bicyclic) bond motifs is 1. The van der Waals surface area contributed by atoms with Gasteiger partial charge in [-0.1, -0.05) is 12.1 Å². The van der Waals surface area contributed by atoms with E-state index in [0.717, 1.165) is 0 Å². The largest absolute Gasteiger partial charge is 0.505 e. The second-order valence-electron chi connectivity index (χ2n) is 8.71. The van der Waals surface area contributed by atoms with E-state index in [2.05, 4.69) is 10.3 Å². The molecular weight excluding hydrogens is 507 g/mol. The van der Waals surface area contributed by atoms with E-state index in [-0.39, 0.29) is 34.9 Å². The Balaban J connectivity index is 1.68. The minimum absolute atomic E-state index is 0.0562. The van der Waals surface area contributed by atoms with Crippen molar-refractivity contribution in [1.82, 2.24) is 10.3 Å². The first-order chi connectivity index (χ1) is 18.6. The van der Waals surface area contributed by atoms with Crippen LogP contribution in [0.4, 0.5) is 4.39 Å². The van der Waals surface area contributed by atoms with Gasteiger partial charge in [-0.3, -0.25) is 14.4 Å². The van der Waals surface area contributed by atoms with E-state index in [9.17, 15) is 23.9 Å². The second kappa shape index (κ2) is 11.2. The Morgan fingerprint density at radius 1 is 0.974 bits per heavy atom. The minimum Gasteiger partial charge on any atom is -0.505 e. The zero-order valence-corrected chi connectivity index (χ0v) is 21.4. The SMILES string of the molecule is CCOc1nc(C(=O)NCC(=O)O)c(O)c2ccc(Oc3c(C)cc(C(=O)c4cccc(F)c4)cc3C)cc12. The summed E-state index contributed by atoms with van der Waals surface area (Å²) in [4.78, 5) is 40.2. The molecule has 39 heavy (non-hydrogen) atoms. The van der Waals surface area contributed by atoms with Crippen molar-refractivity contribution in [2.45, 2.75) is 20.8 Å². The van der Waals surface area contributed by atoms with Crippen molar-refractivity contribution in [2.24, 2.45) is 0 Å². The molecule has 0 unspecified atom stereocenters. The number of carbonyl (C=O) groups excluding carboxylic acids is 2. The third kappa shape index (κ3) is 5.80. The zero-order valence-electron chi connectivity index (χ0n) is 21.4. The number of carboxylic acid groups (broad SMARTS) is 1. The molecule has 4 rings (SSSR count). The normalized spacial score (nSPS) is 10.8. The number of aromatic nitrogens is 1. The maximum Gasteiger partial charge on any atom is 0.322 e. The predicted octanol–water partition coefficient (Wildman–Crippen LogP) is 4.93. The van der Waals surface area contributed by atoms with Crippen molar-refractivity contribution < 1.29 is 38.5 Å². The number of aromatic hydroxyl groups is 1. The average Bonchev–Trinajstić information content (AvgIpc) is 2.90. The van der Waals surface area contributed by atoms with Gasteiger partial charge in [0.2, 0.25) is 5.88 Å². The summed E-state index contributed by atoms with van der Waals surface area (Å²) < 4.78 is 25.3. The standard InChI is InChI=1S/C29H25FN2O7/c1-4-38-29-22-13-20(8-9-21(22)26(36)24(32-29)28(37)31-14-23(33)34)39-27-15(2)10-18(11-16(27)3)25(35)17-6-5-7-19(30)12-17/h5-13,36H,4,14H2,1-3H3,(H,31,37)(H,33,34). The fourth-order valence-electron chi connectivity index (χ4n) is 4.11. The Morgan fingerprint density at radius 2 is 1.69 bits per heavy atom. The Kier molecular flexibility index (Phi) is 7.75. The number of halogens is 1. The summed E-state index contributed by atoms with van der Waals surface area (Å²) >= 11 is 0. The van der Waals surface area contributed by atoms with Crippen LogP contribution in [0.3, 0.4) is 0 Å². The summed E-state index contributed by atoms with van der Waals surface area (Å²) in [5.74, 6) is -2.41. The molecule has 0 fully saturated rings. The summed E-state index contributed by atoms with van der Waals surface area (Å²) in [7, 11) is 0. The van der Waals surface area contributed by atoms with Crippen molar-refractivity contribution in [3.8, 4) is 23.1 Å². The molecule has 1 aromatic heterocycles. The van der Waals surface area contributed by atoms with E-state index in [1.54, 1.807) is 51.1 Å². The van der Waals surface area contributed by atoms with Gasteiger partial charge in [-0.05, 0) is 74.4 Å². The molecule has 200 valence electrons. The molecule has 0 aliphatic carbocycles. The number of ether oxygens (including phenoxy) is 2. The highest BCUT2D eigenvalue weighted by Gasteiger charge is 2.21. The van der Waals surface area contributed by atoms with Crippen LogP contribution >= 0.6 is 0 Å². The Labute approximate surface area is 222 Å². The molecule has 4 aromatic rings. The van der Waals surface area contributed by atoms with Crippen molar-refractivity contribution in [3.05, 3.63) is 88.4 Å². The van der Waals surface area contributed by atoms with Gasteiger partial charge in [-0.15, -0.1) is 0 Å². The van der Waals surface area contributed by atoms with Crippen molar-refractivity contribution in [2.75, 3.05) is 13.2 Å². The first-order valence-corrected chi connectivity index (χ1v) is 12.0. The molecule has 0 saturated carbocycles. The van der Waals surface area contributed by atoms with E-state index in [4.69, 9.17) is 14.6 Å². The Morgan fingerprint density at radius 3 is 2.33 bits per heavy atom. The van der Waals surface area contributed by atoms with Crippen LogP contribution in [0, 0.1) is 19.7 Å². The molecular formula is C29H25FN2O7. The lowest BCUT2D eigenvalue weighted by atomic mass is 9.98. The monoisotopic (exact) mass is 532 g/mol. The zero-order chi connectivity index (χ0) is 28.3. The number of pyridine rings is 1. The highest BCUT2D eigenvalue weighted by molar-refractivity contribution is 6.09. The van der Waals surface area contributed by atoms with Crippen LogP contribution in [0.15, 0.2) is 54.6 Å². The quantitative estimate of drug-likeness (QED) is 0.258. The molecule has 1 amide bonds. The molecule has 0 saturated heterocycles. The summed E-state index contributed by atoms with van der Waals surface area (Å²) in [5.41, 5.74) is 1.61. The highest BCUT2D eigenvalue weighted by atomic mass is 19.1. The van der Waals surface area contributed by atoms with Gasteiger partial charge < -0.3 is 25.0 Å². The van der Waals surface area contributed by atoms with Gasteiger partial charge in [-0.25, -0.2) is 9.37 Å². The number of nitrogens with one attached hydrogen (secondary N) is 1. The Hall–Kier alpha value is -4.99. The number of rotatable bonds is 9. The van der Waals surface area contributed by atoms with Crippen LogP contribution in [0.1, 0.15) is 44.5 Å². The van der Waals surface area contributed by atoms with Gasteiger partial charge in [0.1, 0.15) is 23.9 Å². The fourth-order valence-corrected chi connectivity index (χ4v) is 4.11. The van der Waals surface area contributed by atoms with Gasteiger partial charge in [0.25, 0.3) is 5.91 Å². The fraction of sp³-hybridized carbons (Fsp3) is 0.172. The number of carbonyl (C=O) groups is 3. The van der Waals surface area contributed by atoms with Crippen LogP contribution in [0.5, 0.6) is 23.1 Å². The lowest BCUT2D eigenvalue weighted by Crippen LogP contribution is -2.30. The maximum absolute atomic E-state index is 13.6. The van der Waals surface area contributed by atoms with Crippen LogP contribution in [-0.4, -0.2) is 46.0 Å². The number of carboxylic acids is 1. The van der Waals surface area contributed by atoms with Crippen molar-refractivity contribution >= 4 is 28.4 Å². The number of ketones is 1. The van der Waals surface area contributed by atoms with Crippen LogP contribution in [0.2, 0.25) is 0 Å². The number of benzene rings is 3. The van der Waals surface area contributed by atoms with Gasteiger partial charge in [0.05, 0.1) is 12.0 Å². The summed E-state index contributed by atoms with van der Waals surface area (Å²) in [5, 5.41) is 22.3. The number of hydrogen-bond acceptors (Lipinski definition) is 7. The first kappa shape index (κ1) is 27.1. The number of aryl methyl sites for hydroxylation is 2. The molecule has 0 aliphatic heterocycles. The van der Waals surface area contributed by atoms with E-state index in [1.807, 2.05) is 0 Å². The third-order valence-corrected chi connectivity index (χ3v) is 5.84. The number of aliphatic carboxylic acids is 1. The lowest BCUT2D eigenvalue weighted by Gasteiger charge is -2.16. The summed E-state index contributed by atoms with van der Waals surface area (Å²) in [6, 6.07) is 13.5. The van der Waals surface area contributed by atoms with Crippen LogP contribution in [0.25, 0.3) is 10.8 Å². The molecule has 0 radical (unpaired) electrons. The van der Waals surface area contributed by atoms with Gasteiger partial charge in [-0.2, -0.15) is 0 Å². The van der Waals surface area contributed by atoms with Gasteiger partial charge in [0.15, 0.2) is 17.2 Å². The topological polar surface area (TPSA) is 135 Å². The molecule has 9 nitrogen and oxygen atoms in total. The average molecular weight is 533 g/mol. The highest BCUT2D eigenvalue weighted by Crippen LogP contribution is 2.38. The smallest absolute Gasteiger partial charge is 0.322 e. The lowest BCUT2D eigenvalue weighted by molar-refractivity contribution is -0.135.